The maximum atomic E-state index is 13.9. The molecule has 0 heterocycles. The molecule has 3 unspecified atom stereocenters. The van der Waals surface area contributed by atoms with Crippen LogP contribution in [0.5, 0.6) is 0 Å². The van der Waals surface area contributed by atoms with Gasteiger partial charge in [-0.2, -0.15) is 0 Å². The molecule has 7 heteroatoms. The summed E-state index contributed by atoms with van der Waals surface area (Å²) >= 11 is 0. The van der Waals surface area contributed by atoms with Gasteiger partial charge in [0.25, 0.3) is 0 Å². The molecule has 3 atom stereocenters. The van der Waals surface area contributed by atoms with E-state index in [0.717, 1.165) is 42.9 Å². The fourth-order valence-electron chi connectivity index (χ4n) is 5.19. The summed E-state index contributed by atoms with van der Waals surface area (Å²) in [5.74, 6) is -1.43. The zero-order valence-corrected chi connectivity index (χ0v) is 24.2. The highest BCUT2D eigenvalue weighted by Crippen LogP contribution is 2.40. The van der Waals surface area contributed by atoms with Crippen LogP contribution in [0.2, 0.25) is 0 Å². The first-order valence-electron chi connectivity index (χ1n) is 13.7. The highest BCUT2D eigenvalue weighted by molar-refractivity contribution is 5.68. The number of nitrogens with one attached hydrogen (secondary N) is 2. The molecule has 3 rings (SSSR count). The SMILES string of the molecule is C=C1CCCC(NCC(O)C(Cc2cc(F)cc(F)c2)NC(=O)OC(C)(C)C)(c2cccc(C(C)(C)C)c2)C1. The fraction of sp³-hybridized carbons (Fsp3) is 0.531. The minimum absolute atomic E-state index is 0.0228. The number of rotatable bonds is 8. The average Bonchev–Trinajstić information content (AvgIpc) is 2.80. The lowest BCUT2D eigenvalue weighted by Gasteiger charge is -2.41. The van der Waals surface area contributed by atoms with E-state index in [1.165, 1.54) is 17.7 Å². The summed E-state index contributed by atoms with van der Waals surface area (Å²) < 4.78 is 33.2. The number of aliphatic hydroxyl groups is 1. The quantitative estimate of drug-likeness (QED) is 0.326. The van der Waals surface area contributed by atoms with Crippen LogP contribution in [0.25, 0.3) is 0 Å². The van der Waals surface area contributed by atoms with Gasteiger partial charge in [0.1, 0.15) is 17.2 Å². The molecule has 0 radical (unpaired) electrons. The Bertz CT molecular complexity index is 1150. The summed E-state index contributed by atoms with van der Waals surface area (Å²) in [5.41, 5.74) is 2.62. The number of carbonyl (C=O) groups is 1. The number of alkyl carbamates (subject to hydrolysis) is 1. The number of benzene rings is 2. The van der Waals surface area contributed by atoms with E-state index in [2.05, 4.69) is 62.2 Å². The highest BCUT2D eigenvalue weighted by atomic mass is 19.1. The number of hydrogen-bond acceptors (Lipinski definition) is 4. The Hall–Kier alpha value is -2.77. The lowest BCUT2D eigenvalue weighted by molar-refractivity contribution is 0.0410. The Balaban J connectivity index is 1.87. The molecule has 0 aromatic heterocycles. The van der Waals surface area contributed by atoms with Crippen LogP contribution >= 0.6 is 0 Å². The third-order valence-corrected chi connectivity index (χ3v) is 7.16. The number of halogens is 2. The monoisotopic (exact) mass is 542 g/mol. The molecule has 1 aliphatic rings. The maximum Gasteiger partial charge on any atom is 0.407 e. The molecule has 0 saturated heterocycles. The van der Waals surface area contributed by atoms with Crippen molar-refractivity contribution in [1.29, 1.82) is 0 Å². The number of carbonyl (C=O) groups excluding carboxylic acids is 1. The Morgan fingerprint density at radius 3 is 2.36 bits per heavy atom. The van der Waals surface area contributed by atoms with Gasteiger partial charge in [0.15, 0.2) is 0 Å². The maximum absolute atomic E-state index is 13.9. The van der Waals surface area contributed by atoms with Crippen molar-refractivity contribution in [2.24, 2.45) is 0 Å². The van der Waals surface area contributed by atoms with Crippen molar-refractivity contribution in [3.63, 3.8) is 0 Å². The Morgan fingerprint density at radius 1 is 1.10 bits per heavy atom. The summed E-state index contributed by atoms with van der Waals surface area (Å²) in [7, 11) is 0. The highest BCUT2D eigenvalue weighted by Gasteiger charge is 2.37. The second kappa shape index (κ2) is 12.2. The van der Waals surface area contributed by atoms with E-state index >= 15 is 0 Å². The fourth-order valence-corrected chi connectivity index (χ4v) is 5.19. The van der Waals surface area contributed by atoms with Gasteiger partial charge in [-0.15, -0.1) is 0 Å². The van der Waals surface area contributed by atoms with Crippen molar-refractivity contribution in [3.05, 3.63) is 82.9 Å². The Labute approximate surface area is 232 Å². The predicted octanol–water partition coefficient (Wildman–Crippen LogP) is 6.67. The van der Waals surface area contributed by atoms with E-state index in [9.17, 15) is 18.7 Å². The van der Waals surface area contributed by atoms with Crippen molar-refractivity contribution >= 4 is 6.09 Å². The van der Waals surface area contributed by atoms with Crippen molar-refractivity contribution in [3.8, 4) is 0 Å². The lowest BCUT2D eigenvalue weighted by Crippen LogP contribution is -2.54. The van der Waals surface area contributed by atoms with Crippen molar-refractivity contribution in [2.45, 2.75) is 102 Å². The van der Waals surface area contributed by atoms with Crippen LogP contribution in [-0.2, 0) is 22.1 Å². The molecule has 0 bridgehead atoms. The smallest absolute Gasteiger partial charge is 0.407 e. The molecular formula is C32H44F2N2O3. The first kappa shape index (κ1) is 30.8. The van der Waals surface area contributed by atoms with E-state index in [-0.39, 0.29) is 18.4 Å². The molecular weight excluding hydrogens is 498 g/mol. The molecule has 214 valence electrons. The topological polar surface area (TPSA) is 70.6 Å². The number of aliphatic hydroxyl groups excluding tert-OH is 1. The number of amides is 1. The van der Waals surface area contributed by atoms with Crippen molar-refractivity contribution < 1.29 is 23.4 Å². The first-order chi connectivity index (χ1) is 18.1. The minimum Gasteiger partial charge on any atom is -0.444 e. The summed E-state index contributed by atoms with van der Waals surface area (Å²) in [6, 6.07) is 10.9. The van der Waals surface area contributed by atoms with E-state index in [4.69, 9.17) is 4.74 Å². The molecule has 1 fully saturated rings. The molecule has 39 heavy (non-hydrogen) atoms. The average molecular weight is 543 g/mol. The zero-order valence-electron chi connectivity index (χ0n) is 24.2. The predicted molar refractivity (Wildman–Crippen MR) is 152 cm³/mol. The van der Waals surface area contributed by atoms with Gasteiger partial charge in [-0.05, 0) is 87.1 Å². The molecule has 1 aliphatic carbocycles. The van der Waals surface area contributed by atoms with Crippen LogP contribution in [0.15, 0.2) is 54.6 Å². The van der Waals surface area contributed by atoms with Crippen LogP contribution in [0.4, 0.5) is 13.6 Å². The van der Waals surface area contributed by atoms with Gasteiger partial charge in [0.2, 0.25) is 0 Å². The van der Waals surface area contributed by atoms with Crippen molar-refractivity contribution in [1.82, 2.24) is 10.6 Å². The van der Waals surface area contributed by atoms with E-state index in [0.29, 0.717) is 5.56 Å². The van der Waals surface area contributed by atoms with Crippen molar-refractivity contribution in [2.75, 3.05) is 6.54 Å². The molecule has 0 aliphatic heterocycles. The molecule has 1 saturated carbocycles. The third kappa shape index (κ3) is 8.87. The van der Waals surface area contributed by atoms with E-state index < -0.39 is 41.0 Å². The van der Waals surface area contributed by atoms with Gasteiger partial charge in [-0.25, -0.2) is 13.6 Å². The lowest BCUT2D eigenvalue weighted by atomic mass is 9.73. The molecule has 2 aromatic rings. The summed E-state index contributed by atoms with van der Waals surface area (Å²) in [6.07, 6.45) is 1.76. The van der Waals surface area contributed by atoms with E-state index in [1.807, 2.05) is 0 Å². The molecule has 3 N–H and O–H groups in total. The molecule has 0 spiro atoms. The van der Waals surface area contributed by atoms with Gasteiger partial charge < -0.3 is 20.5 Å². The van der Waals surface area contributed by atoms with Crippen LogP contribution in [0, 0.1) is 11.6 Å². The Kier molecular flexibility index (Phi) is 9.60. The normalized spacial score (nSPS) is 19.9. The second-order valence-corrected chi connectivity index (χ2v) is 12.9. The summed E-state index contributed by atoms with van der Waals surface area (Å²) in [5, 5.41) is 17.7. The zero-order chi connectivity index (χ0) is 29.0. The van der Waals surface area contributed by atoms with Crippen LogP contribution in [-0.4, -0.2) is 35.5 Å². The molecule has 2 aromatic carbocycles. The summed E-state index contributed by atoms with van der Waals surface area (Å²) in [6.45, 7) is 16.2. The van der Waals surface area contributed by atoms with Crippen LogP contribution < -0.4 is 10.6 Å². The number of hydrogen-bond donors (Lipinski definition) is 3. The van der Waals surface area contributed by atoms with Gasteiger partial charge in [0.05, 0.1) is 12.1 Å². The third-order valence-electron chi connectivity index (χ3n) is 7.16. The van der Waals surface area contributed by atoms with E-state index in [1.54, 1.807) is 20.8 Å². The molecule has 5 nitrogen and oxygen atoms in total. The van der Waals surface area contributed by atoms with Gasteiger partial charge in [0, 0.05) is 18.2 Å². The second-order valence-electron chi connectivity index (χ2n) is 12.9. The Morgan fingerprint density at radius 2 is 1.77 bits per heavy atom. The largest absolute Gasteiger partial charge is 0.444 e. The summed E-state index contributed by atoms with van der Waals surface area (Å²) in [4.78, 5) is 12.6. The number of ether oxygens (including phenoxy) is 1. The van der Waals surface area contributed by atoms with Gasteiger partial charge in [-0.1, -0.05) is 57.2 Å². The standard InChI is InChI=1S/C32H44F2N2O3/c1-21-10-9-13-32(19-21,24-12-8-11-23(17-24)30(2,3)4)35-20-28(37)27(36-29(38)39-31(5,6)7)16-22-14-25(33)18-26(34)15-22/h8,11-12,14-15,17-18,27-28,35,37H,1,9-10,13,16,19-20H2,2-7H3,(H,36,38). The molecule has 1 amide bonds. The van der Waals surface area contributed by atoms with Crippen LogP contribution in [0.1, 0.15) is 83.9 Å². The van der Waals surface area contributed by atoms with Crippen LogP contribution in [0.3, 0.4) is 0 Å². The first-order valence-corrected chi connectivity index (χ1v) is 13.7. The van der Waals surface area contributed by atoms with Gasteiger partial charge in [-0.3, -0.25) is 0 Å². The minimum atomic E-state index is -1.07. The van der Waals surface area contributed by atoms with Gasteiger partial charge >= 0.3 is 6.09 Å².